The van der Waals surface area contributed by atoms with E-state index in [1.807, 2.05) is 13.1 Å². The molecule has 1 aliphatic carbocycles. The molecule has 0 bridgehead atoms. The van der Waals surface area contributed by atoms with Gasteiger partial charge in [-0.1, -0.05) is 12.8 Å². The van der Waals surface area contributed by atoms with Gasteiger partial charge in [-0.2, -0.15) is 11.8 Å². The lowest BCUT2D eigenvalue weighted by Gasteiger charge is -2.17. The Balaban J connectivity index is 1.72. The second-order valence-corrected chi connectivity index (χ2v) is 5.84. The van der Waals surface area contributed by atoms with Crippen LogP contribution in [0.25, 0.3) is 0 Å². The molecule has 16 heavy (non-hydrogen) atoms. The molecule has 1 saturated carbocycles. The lowest BCUT2D eigenvalue weighted by molar-refractivity contribution is 0.474. The minimum absolute atomic E-state index is 0.539. The lowest BCUT2D eigenvalue weighted by Crippen LogP contribution is -2.30. The summed E-state index contributed by atoms with van der Waals surface area (Å²) in [5.74, 6) is 2.29. The normalized spacial score (nSPS) is 19.1. The van der Waals surface area contributed by atoms with Crippen molar-refractivity contribution in [3.63, 3.8) is 0 Å². The Morgan fingerprint density at radius 3 is 2.94 bits per heavy atom. The van der Waals surface area contributed by atoms with Gasteiger partial charge in [-0.15, -0.1) is 0 Å². The predicted molar refractivity (Wildman–Crippen MR) is 70.0 cm³/mol. The van der Waals surface area contributed by atoms with Crippen LogP contribution in [0.1, 0.15) is 31.4 Å². The van der Waals surface area contributed by atoms with Gasteiger partial charge in [0.2, 0.25) is 0 Å². The Morgan fingerprint density at radius 2 is 2.31 bits per heavy atom. The molecule has 1 fully saturated rings. The number of furan rings is 1. The van der Waals surface area contributed by atoms with Crippen LogP contribution in [0.4, 0.5) is 0 Å². The summed E-state index contributed by atoms with van der Waals surface area (Å²) in [4.78, 5) is 0. The summed E-state index contributed by atoms with van der Waals surface area (Å²) in [7, 11) is 2.04. The summed E-state index contributed by atoms with van der Waals surface area (Å²) >= 11 is 2.13. The summed E-state index contributed by atoms with van der Waals surface area (Å²) in [6.45, 7) is 0. The molecule has 2 rings (SSSR count). The Hall–Kier alpha value is -0.410. The maximum Gasteiger partial charge on any atom is 0.105 e. The van der Waals surface area contributed by atoms with Crippen LogP contribution in [0.2, 0.25) is 0 Å². The Labute approximate surface area is 102 Å². The van der Waals surface area contributed by atoms with Crippen LogP contribution in [0, 0.1) is 0 Å². The van der Waals surface area contributed by atoms with Crippen LogP contribution >= 0.6 is 11.8 Å². The molecule has 3 heteroatoms. The van der Waals surface area contributed by atoms with Crippen molar-refractivity contribution in [3.05, 3.63) is 24.2 Å². The number of hydrogen-bond donors (Lipinski definition) is 1. The van der Waals surface area contributed by atoms with Crippen LogP contribution in [0.15, 0.2) is 22.8 Å². The highest BCUT2D eigenvalue weighted by Gasteiger charge is 2.17. The minimum atomic E-state index is 0.539. The monoisotopic (exact) mass is 239 g/mol. The van der Waals surface area contributed by atoms with E-state index in [0.29, 0.717) is 6.04 Å². The molecule has 1 aromatic rings. The smallest absolute Gasteiger partial charge is 0.105 e. The highest BCUT2D eigenvalue weighted by molar-refractivity contribution is 7.99. The zero-order valence-corrected chi connectivity index (χ0v) is 10.8. The molecular formula is C13H21NOS. The second-order valence-electron chi connectivity index (χ2n) is 4.51. The molecule has 90 valence electrons. The van der Waals surface area contributed by atoms with Gasteiger partial charge >= 0.3 is 0 Å². The number of rotatable bonds is 6. The maximum absolute atomic E-state index is 5.39. The van der Waals surface area contributed by atoms with E-state index in [9.17, 15) is 0 Å². The first-order chi connectivity index (χ1) is 7.88. The summed E-state index contributed by atoms with van der Waals surface area (Å²) in [5, 5.41) is 4.29. The summed E-state index contributed by atoms with van der Waals surface area (Å²) in [6, 6.07) is 4.56. The van der Waals surface area contributed by atoms with E-state index in [-0.39, 0.29) is 0 Å². The third-order valence-electron chi connectivity index (χ3n) is 3.27. The second kappa shape index (κ2) is 6.36. The Morgan fingerprint density at radius 1 is 1.50 bits per heavy atom. The average molecular weight is 239 g/mol. The summed E-state index contributed by atoms with van der Waals surface area (Å²) < 4.78 is 5.39. The van der Waals surface area contributed by atoms with Crippen LogP contribution < -0.4 is 5.32 Å². The van der Waals surface area contributed by atoms with Gasteiger partial charge in [0.05, 0.1) is 6.26 Å². The van der Waals surface area contributed by atoms with Crippen molar-refractivity contribution in [3.8, 4) is 0 Å². The molecule has 1 atom stereocenters. The summed E-state index contributed by atoms with van der Waals surface area (Å²) in [5.41, 5.74) is 0. The third kappa shape index (κ3) is 3.56. The van der Waals surface area contributed by atoms with Crippen molar-refractivity contribution in [2.75, 3.05) is 12.8 Å². The highest BCUT2D eigenvalue weighted by atomic mass is 32.2. The lowest BCUT2D eigenvalue weighted by atomic mass is 10.2. The molecule has 1 N–H and O–H groups in total. The SMILES string of the molecule is CNC(CSC1CCCC1)Cc1ccco1. The van der Waals surface area contributed by atoms with Crippen LogP contribution in [-0.2, 0) is 6.42 Å². The van der Waals surface area contributed by atoms with Crippen molar-refractivity contribution < 1.29 is 4.42 Å². The topological polar surface area (TPSA) is 25.2 Å². The van der Waals surface area contributed by atoms with Gasteiger partial charge in [-0.25, -0.2) is 0 Å². The molecule has 0 aliphatic heterocycles. The predicted octanol–water partition coefficient (Wildman–Crippen LogP) is 3.09. The van der Waals surface area contributed by atoms with Gasteiger partial charge in [0.25, 0.3) is 0 Å². The Kier molecular flexibility index (Phi) is 4.79. The van der Waals surface area contributed by atoms with Crippen LogP contribution in [0.5, 0.6) is 0 Å². The summed E-state index contributed by atoms with van der Waals surface area (Å²) in [6.07, 6.45) is 8.46. The third-order valence-corrected chi connectivity index (χ3v) is 4.81. The van der Waals surface area contributed by atoms with E-state index in [1.165, 1.54) is 31.4 Å². The van der Waals surface area contributed by atoms with Gasteiger partial charge in [-0.3, -0.25) is 0 Å². The van der Waals surface area contributed by atoms with E-state index >= 15 is 0 Å². The van der Waals surface area contributed by atoms with Crippen molar-refractivity contribution in [1.82, 2.24) is 5.32 Å². The van der Waals surface area contributed by atoms with Gasteiger partial charge in [-0.05, 0) is 32.0 Å². The first-order valence-electron chi connectivity index (χ1n) is 6.19. The minimum Gasteiger partial charge on any atom is -0.469 e. The fourth-order valence-electron chi connectivity index (χ4n) is 2.22. The Bertz CT molecular complexity index is 280. The van der Waals surface area contributed by atoms with E-state index < -0.39 is 0 Å². The highest BCUT2D eigenvalue weighted by Crippen LogP contribution is 2.29. The van der Waals surface area contributed by atoms with E-state index in [0.717, 1.165) is 17.4 Å². The number of hydrogen-bond acceptors (Lipinski definition) is 3. The van der Waals surface area contributed by atoms with Gasteiger partial charge in [0, 0.05) is 23.5 Å². The molecule has 0 amide bonds. The quantitative estimate of drug-likeness (QED) is 0.826. The molecule has 0 saturated heterocycles. The molecule has 1 aliphatic rings. The molecule has 0 spiro atoms. The zero-order valence-electron chi connectivity index (χ0n) is 9.95. The van der Waals surface area contributed by atoms with Gasteiger partial charge in [0.1, 0.15) is 5.76 Å². The fraction of sp³-hybridized carbons (Fsp3) is 0.692. The number of nitrogens with one attached hydrogen (secondary N) is 1. The van der Waals surface area contributed by atoms with Crippen molar-refractivity contribution in [2.45, 2.75) is 43.4 Å². The number of likely N-dealkylation sites (N-methyl/N-ethyl adjacent to an activating group) is 1. The van der Waals surface area contributed by atoms with E-state index in [4.69, 9.17) is 4.42 Å². The molecule has 1 unspecified atom stereocenters. The molecule has 1 aromatic heterocycles. The van der Waals surface area contributed by atoms with E-state index in [2.05, 4.69) is 23.1 Å². The molecular weight excluding hydrogens is 218 g/mol. The van der Waals surface area contributed by atoms with Crippen LogP contribution in [-0.4, -0.2) is 24.1 Å². The van der Waals surface area contributed by atoms with Crippen molar-refractivity contribution >= 4 is 11.8 Å². The number of thioether (sulfide) groups is 1. The molecule has 0 aromatic carbocycles. The van der Waals surface area contributed by atoms with Gasteiger partial charge < -0.3 is 9.73 Å². The van der Waals surface area contributed by atoms with E-state index in [1.54, 1.807) is 6.26 Å². The molecule has 0 radical (unpaired) electrons. The fourth-order valence-corrected chi connectivity index (χ4v) is 3.68. The standard InChI is InChI=1S/C13H21NOS/c1-14-11(9-12-5-4-8-15-12)10-16-13-6-2-3-7-13/h4-5,8,11,13-14H,2-3,6-7,9-10H2,1H3. The van der Waals surface area contributed by atoms with Gasteiger partial charge in [0.15, 0.2) is 0 Å². The van der Waals surface area contributed by atoms with Crippen molar-refractivity contribution in [2.24, 2.45) is 0 Å². The first kappa shape index (κ1) is 12.1. The zero-order chi connectivity index (χ0) is 11.2. The maximum atomic E-state index is 5.39. The first-order valence-corrected chi connectivity index (χ1v) is 7.24. The largest absolute Gasteiger partial charge is 0.469 e. The van der Waals surface area contributed by atoms with Crippen molar-refractivity contribution in [1.29, 1.82) is 0 Å². The van der Waals surface area contributed by atoms with Crippen LogP contribution in [0.3, 0.4) is 0 Å². The average Bonchev–Trinajstić information content (AvgIpc) is 2.97. The molecule has 2 nitrogen and oxygen atoms in total. The molecule has 1 heterocycles.